The van der Waals surface area contributed by atoms with E-state index in [1.165, 1.54) is 6.42 Å². The molecule has 1 unspecified atom stereocenters. The average Bonchev–Trinajstić information content (AvgIpc) is 3.02. The Morgan fingerprint density at radius 3 is 3.09 bits per heavy atom. The van der Waals surface area contributed by atoms with Gasteiger partial charge in [-0.3, -0.25) is 4.79 Å². The van der Waals surface area contributed by atoms with Gasteiger partial charge in [0.05, 0.1) is 12.1 Å². The Kier molecular flexibility index (Phi) is 5.62. The molecule has 5 heteroatoms. The zero-order chi connectivity index (χ0) is 16.1. The van der Waals surface area contributed by atoms with Crippen molar-refractivity contribution in [1.82, 2.24) is 10.3 Å². The van der Waals surface area contributed by atoms with Crippen LogP contribution in [-0.2, 0) is 11.2 Å². The van der Waals surface area contributed by atoms with Gasteiger partial charge in [-0.25, -0.2) is 4.98 Å². The molecule has 1 atom stereocenters. The summed E-state index contributed by atoms with van der Waals surface area (Å²) < 4.78 is 1.03. The summed E-state index contributed by atoms with van der Waals surface area (Å²) in [6.45, 7) is 0.770. The Bertz CT molecular complexity index is 711. The van der Waals surface area contributed by atoms with E-state index in [0.29, 0.717) is 12.3 Å². The van der Waals surface area contributed by atoms with E-state index in [4.69, 9.17) is 0 Å². The Hall–Kier alpha value is -1.46. The zero-order valence-electron chi connectivity index (χ0n) is 12.8. The minimum atomic E-state index is 0.0608. The fourth-order valence-electron chi connectivity index (χ4n) is 2.67. The van der Waals surface area contributed by atoms with Crippen LogP contribution in [0, 0.1) is 5.92 Å². The molecule has 23 heavy (non-hydrogen) atoms. The molecule has 0 spiro atoms. The number of benzene rings is 1. The molecule has 120 valence electrons. The smallest absolute Gasteiger partial charge is 0.226 e. The third kappa shape index (κ3) is 4.75. The molecule has 0 radical (unpaired) electrons. The van der Waals surface area contributed by atoms with Gasteiger partial charge in [-0.15, -0.1) is 11.3 Å². The van der Waals surface area contributed by atoms with E-state index < -0.39 is 0 Å². The highest BCUT2D eigenvalue weighted by Crippen LogP contribution is 2.26. The average molecular weight is 391 g/mol. The lowest BCUT2D eigenvalue weighted by atomic mass is 9.94. The number of hydrogen-bond donors (Lipinski definition) is 1. The lowest BCUT2D eigenvalue weighted by molar-refractivity contribution is -0.120. The third-order valence-corrected chi connectivity index (χ3v) is 5.36. The largest absolute Gasteiger partial charge is 0.355 e. The molecule has 1 amide bonds. The van der Waals surface area contributed by atoms with Gasteiger partial charge in [-0.2, -0.15) is 0 Å². The molecule has 0 saturated carbocycles. The maximum atomic E-state index is 12.1. The highest BCUT2D eigenvalue weighted by molar-refractivity contribution is 9.10. The molecule has 3 nitrogen and oxygen atoms in total. The van der Waals surface area contributed by atoms with Crippen molar-refractivity contribution in [2.24, 2.45) is 5.92 Å². The van der Waals surface area contributed by atoms with E-state index >= 15 is 0 Å². The quantitative estimate of drug-likeness (QED) is 0.758. The van der Waals surface area contributed by atoms with Crippen molar-refractivity contribution < 1.29 is 4.79 Å². The van der Waals surface area contributed by atoms with Crippen LogP contribution in [0.25, 0.3) is 10.6 Å². The van der Waals surface area contributed by atoms with Gasteiger partial charge in [-0.1, -0.05) is 40.2 Å². The number of halogens is 1. The van der Waals surface area contributed by atoms with E-state index in [0.717, 1.165) is 40.1 Å². The second-order valence-electron chi connectivity index (χ2n) is 5.79. The van der Waals surface area contributed by atoms with Crippen LogP contribution in [0.3, 0.4) is 0 Å². The van der Waals surface area contributed by atoms with Crippen LogP contribution >= 0.6 is 27.3 Å². The molecule has 1 aliphatic carbocycles. The van der Waals surface area contributed by atoms with Crippen LogP contribution in [0.5, 0.6) is 0 Å². The first-order valence-corrected chi connectivity index (χ1v) is 9.50. The van der Waals surface area contributed by atoms with Crippen molar-refractivity contribution in [2.45, 2.75) is 25.7 Å². The monoisotopic (exact) mass is 390 g/mol. The van der Waals surface area contributed by atoms with E-state index in [-0.39, 0.29) is 5.91 Å². The number of carbonyl (C=O) groups excluding carboxylic acids is 1. The van der Waals surface area contributed by atoms with Crippen LogP contribution < -0.4 is 5.32 Å². The van der Waals surface area contributed by atoms with E-state index in [1.807, 2.05) is 29.6 Å². The normalized spacial score (nSPS) is 17.2. The molecule has 3 rings (SSSR count). The summed E-state index contributed by atoms with van der Waals surface area (Å²) in [6.07, 6.45) is 8.16. The second-order valence-corrected chi connectivity index (χ2v) is 7.56. The molecule has 0 aliphatic heterocycles. The maximum absolute atomic E-state index is 12.1. The molecular formula is C18H19BrN2OS. The first-order chi connectivity index (χ1) is 11.2. The van der Waals surface area contributed by atoms with Gasteiger partial charge in [0, 0.05) is 22.0 Å². The summed E-state index contributed by atoms with van der Waals surface area (Å²) in [5.41, 5.74) is 1.91. The fourth-order valence-corrected chi connectivity index (χ4v) is 3.89. The van der Waals surface area contributed by atoms with E-state index in [2.05, 4.69) is 38.4 Å². The van der Waals surface area contributed by atoms with Crippen LogP contribution in [0.4, 0.5) is 0 Å². The predicted molar refractivity (Wildman–Crippen MR) is 98.4 cm³/mol. The van der Waals surface area contributed by atoms with Gasteiger partial charge in [0.2, 0.25) is 5.91 Å². The molecule has 2 aromatic rings. The highest BCUT2D eigenvalue weighted by atomic mass is 79.9. The lowest BCUT2D eigenvalue weighted by Crippen LogP contribution is -2.30. The molecule has 1 N–H and O–H groups in total. The van der Waals surface area contributed by atoms with Gasteiger partial charge in [0.15, 0.2) is 0 Å². The van der Waals surface area contributed by atoms with Crippen LogP contribution in [-0.4, -0.2) is 17.4 Å². The first kappa shape index (κ1) is 16.4. The topological polar surface area (TPSA) is 42.0 Å². The van der Waals surface area contributed by atoms with Gasteiger partial charge >= 0.3 is 0 Å². The molecule has 0 bridgehead atoms. The first-order valence-electron chi connectivity index (χ1n) is 7.83. The zero-order valence-corrected chi connectivity index (χ0v) is 15.2. The second kappa shape index (κ2) is 7.88. The highest BCUT2D eigenvalue weighted by Gasteiger charge is 2.13. The van der Waals surface area contributed by atoms with Crippen LogP contribution in [0.15, 0.2) is 46.3 Å². The summed E-state index contributed by atoms with van der Waals surface area (Å²) in [4.78, 5) is 16.7. The molecule has 1 heterocycles. The Morgan fingerprint density at radius 2 is 2.30 bits per heavy atom. The third-order valence-electron chi connectivity index (χ3n) is 3.93. The number of amides is 1. The SMILES string of the molecule is O=C(Cc1csc(-c2cccc(Br)c2)n1)NCC1CC=CCC1. The summed E-state index contributed by atoms with van der Waals surface area (Å²) >= 11 is 5.05. The van der Waals surface area contributed by atoms with Gasteiger partial charge < -0.3 is 5.32 Å². The van der Waals surface area contributed by atoms with Crippen molar-refractivity contribution in [3.8, 4) is 10.6 Å². The number of nitrogens with one attached hydrogen (secondary N) is 1. The number of hydrogen-bond acceptors (Lipinski definition) is 3. The van der Waals surface area contributed by atoms with Gasteiger partial charge in [-0.05, 0) is 37.3 Å². The van der Waals surface area contributed by atoms with Crippen molar-refractivity contribution in [3.63, 3.8) is 0 Å². The van der Waals surface area contributed by atoms with Crippen LogP contribution in [0.1, 0.15) is 25.0 Å². The molecule has 1 aromatic heterocycles. The fraction of sp³-hybridized carbons (Fsp3) is 0.333. The minimum Gasteiger partial charge on any atom is -0.355 e. The summed E-state index contributed by atoms with van der Waals surface area (Å²) in [7, 11) is 0. The van der Waals surface area contributed by atoms with Crippen molar-refractivity contribution >= 4 is 33.2 Å². The van der Waals surface area contributed by atoms with Crippen LogP contribution in [0.2, 0.25) is 0 Å². The Balaban J connectivity index is 1.54. The Morgan fingerprint density at radius 1 is 1.39 bits per heavy atom. The van der Waals surface area contributed by atoms with E-state index in [1.54, 1.807) is 11.3 Å². The van der Waals surface area contributed by atoms with Crippen molar-refractivity contribution in [3.05, 3.63) is 52.0 Å². The molecule has 0 fully saturated rings. The number of rotatable bonds is 5. The van der Waals surface area contributed by atoms with Crippen molar-refractivity contribution in [2.75, 3.05) is 6.54 Å². The van der Waals surface area contributed by atoms with Gasteiger partial charge in [0.25, 0.3) is 0 Å². The molecule has 1 aromatic carbocycles. The maximum Gasteiger partial charge on any atom is 0.226 e. The molecule has 0 saturated heterocycles. The number of allylic oxidation sites excluding steroid dienone is 2. The summed E-state index contributed by atoms with van der Waals surface area (Å²) in [5.74, 6) is 0.641. The number of thiazole rings is 1. The standard InChI is InChI=1S/C18H19BrN2OS/c19-15-8-4-7-14(9-15)18-21-16(12-23-18)10-17(22)20-11-13-5-2-1-3-6-13/h1-2,4,7-9,12-13H,3,5-6,10-11H2,(H,20,22). The number of carbonyl (C=O) groups is 1. The molecule has 1 aliphatic rings. The summed E-state index contributed by atoms with van der Waals surface area (Å²) in [5, 5.41) is 5.97. The summed E-state index contributed by atoms with van der Waals surface area (Å²) in [6, 6.07) is 8.06. The Labute approximate surface area is 149 Å². The minimum absolute atomic E-state index is 0.0608. The predicted octanol–water partition coefficient (Wildman–Crippen LogP) is 4.59. The van der Waals surface area contributed by atoms with Crippen molar-refractivity contribution in [1.29, 1.82) is 0 Å². The molecular weight excluding hydrogens is 372 g/mol. The lowest BCUT2D eigenvalue weighted by Gasteiger charge is -2.17. The number of nitrogens with zero attached hydrogens (tertiary/aromatic N) is 1. The van der Waals surface area contributed by atoms with E-state index in [9.17, 15) is 4.79 Å². The number of aromatic nitrogens is 1. The van der Waals surface area contributed by atoms with Gasteiger partial charge in [0.1, 0.15) is 5.01 Å².